The fourth-order valence-electron chi connectivity index (χ4n) is 4.16. The molecule has 23 heavy (non-hydrogen) atoms. The number of aryl methyl sites for hydroxylation is 1. The van der Waals surface area contributed by atoms with Gasteiger partial charge in [-0.25, -0.2) is 0 Å². The molecule has 2 heterocycles. The Hall–Kier alpha value is -1.96. The first-order valence-electron chi connectivity index (χ1n) is 8.27. The quantitative estimate of drug-likeness (QED) is 0.552. The van der Waals surface area contributed by atoms with Crippen molar-refractivity contribution in [1.29, 1.82) is 0 Å². The van der Waals surface area contributed by atoms with E-state index in [9.17, 15) is 0 Å². The van der Waals surface area contributed by atoms with Crippen molar-refractivity contribution in [2.24, 2.45) is 5.41 Å². The number of fused-ring (bicyclic) bond motifs is 3. The van der Waals surface area contributed by atoms with Gasteiger partial charge in [0.15, 0.2) is 5.58 Å². The number of benzene rings is 2. The summed E-state index contributed by atoms with van der Waals surface area (Å²) >= 11 is 0. The Balaban J connectivity index is 2.01. The molecule has 1 saturated heterocycles. The number of anilines is 1. The van der Waals surface area contributed by atoms with Gasteiger partial charge >= 0.3 is 0 Å². The second-order valence-corrected chi connectivity index (χ2v) is 8.03. The van der Waals surface area contributed by atoms with Crippen molar-refractivity contribution in [3.8, 4) is 0 Å². The summed E-state index contributed by atoms with van der Waals surface area (Å²) in [6.07, 6.45) is 1.08. The zero-order valence-corrected chi connectivity index (χ0v) is 14.5. The monoisotopic (exact) mass is 305 g/mol. The van der Waals surface area contributed by atoms with Crippen LogP contribution in [0.4, 0.5) is 5.69 Å². The van der Waals surface area contributed by atoms with Crippen molar-refractivity contribution in [3.05, 3.63) is 48.5 Å². The average Bonchev–Trinajstić information content (AvgIpc) is 2.92. The first-order chi connectivity index (χ1) is 10.8. The highest BCUT2D eigenvalue weighted by molar-refractivity contribution is 6.09. The molecule has 118 valence electrons. The molecule has 0 spiro atoms. The second-order valence-electron chi connectivity index (χ2n) is 8.03. The first kappa shape index (κ1) is 14.6. The van der Waals surface area contributed by atoms with Crippen LogP contribution >= 0.6 is 0 Å². The van der Waals surface area contributed by atoms with Crippen molar-refractivity contribution in [2.75, 3.05) is 4.90 Å². The van der Waals surface area contributed by atoms with E-state index in [1.54, 1.807) is 0 Å². The minimum Gasteiger partial charge on any atom is -0.454 e. The number of hydrogen-bond donors (Lipinski definition) is 0. The Bertz CT molecular complexity index is 901. The highest BCUT2D eigenvalue weighted by atomic mass is 16.3. The topological polar surface area (TPSA) is 16.4 Å². The van der Waals surface area contributed by atoms with Crippen LogP contribution in [0.1, 0.15) is 39.7 Å². The molecule has 2 radical (unpaired) electrons. The maximum absolute atomic E-state index is 6.26. The molecule has 0 amide bonds. The van der Waals surface area contributed by atoms with Crippen molar-refractivity contribution in [2.45, 2.75) is 46.6 Å². The molecule has 0 unspecified atom stereocenters. The summed E-state index contributed by atoms with van der Waals surface area (Å²) in [4.78, 5) is 2.31. The molecule has 1 aliphatic rings. The fourth-order valence-corrected chi connectivity index (χ4v) is 4.16. The summed E-state index contributed by atoms with van der Waals surface area (Å²) in [6, 6.07) is 12.6. The van der Waals surface area contributed by atoms with E-state index in [4.69, 9.17) is 4.42 Å². The minimum atomic E-state index is 0.0293. The SMILES string of the molecule is Cc1ccc2c(oc3ccccc32)c1N1[C]C(C)(C)CC1(C)C. The van der Waals surface area contributed by atoms with Crippen LogP contribution in [0.15, 0.2) is 40.8 Å². The van der Waals surface area contributed by atoms with Crippen LogP contribution < -0.4 is 4.90 Å². The third kappa shape index (κ3) is 2.15. The van der Waals surface area contributed by atoms with E-state index in [0.29, 0.717) is 0 Å². The van der Waals surface area contributed by atoms with Crippen LogP contribution in [0, 0.1) is 18.9 Å². The smallest absolute Gasteiger partial charge is 0.159 e. The van der Waals surface area contributed by atoms with E-state index in [-0.39, 0.29) is 11.0 Å². The summed E-state index contributed by atoms with van der Waals surface area (Å²) in [5, 5.41) is 2.36. The molecule has 0 bridgehead atoms. The van der Waals surface area contributed by atoms with Gasteiger partial charge in [0.05, 0.1) is 12.2 Å². The molecule has 2 aromatic carbocycles. The average molecular weight is 305 g/mol. The standard InChI is InChI=1S/C21H23NO/c1-14-10-11-16-15-8-6-7-9-17(15)23-19(16)18(14)22-13-20(2,3)12-21(22,4)5/h6-11H,12H2,1-5H3. The molecule has 1 fully saturated rings. The molecule has 0 saturated carbocycles. The van der Waals surface area contributed by atoms with Crippen LogP contribution in [0.25, 0.3) is 21.9 Å². The van der Waals surface area contributed by atoms with Gasteiger partial charge < -0.3 is 9.32 Å². The minimum absolute atomic E-state index is 0.0293. The number of hydrogen-bond acceptors (Lipinski definition) is 2. The zero-order chi connectivity index (χ0) is 16.4. The lowest BCUT2D eigenvalue weighted by Crippen LogP contribution is -2.36. The lowest BCUT2D eigenvalue weighted by molar-refractivity contribution is 0.388. The zero-order valence-electron chi connectivity index (χ0n) is 14.5. The largest absolute Gasteiger partial charge is 0.454 e. The van der Waals surface area contributed by atoms with Crippen molar-refractivity contribution in [3.63, 3.8) is 0 Å². The van der Waals surface area contributed by atoms with Gasteiger partial charge in [-0.15, -0.1) is 0 Å². The first-order valence-corrected chi connectivity index (χ1v) is 8.27. The summed E-state index contributed by atoms with van der Waals surface area (Å²) in [5.74, 6) is 0. The number of para-hydroxylation sites is 1. The second kappa shape index (κ2) is 4.53. The molecule has 0 aliphatic carbocycles. The Morgan fingerprint density at radius 2 is 1.74 bits per heavy atom. The Kier molecular flexibility index (Phi) is 2.88. The predicted molar refractivity (Wildman–Crippen MR) is 96.7 cm³/mol. The molecule has 0 N–H and O–H groups in total. The van der Waals surface area contributed by atoms with Gasteiger partial charge in [0.2, 0.25) is 0 Å². The molecule has 1 aliphatic heterocycles. The van der Waals surface area contributed by atoms with Gasteiger partial charge in [-0.05, 0) is 44.2 Å². The van der Waals surface area contributed by atoms with Gasteiger partial charge in [-0.2, -0.15) is 0 Å². The highest BCUT2D eigenvalue weighted by Crippen LogP contribution is 2.49. The van der Waals surface area contributed by atoms with E-state index in [1.165, 1.54) is 16.3 Å². The maximum Gasteiger partial charge on any atom is 0.159 e. The van der Waals surface area contributed by atoms with Gasteiger partial charge in [0.1, 0.15) is 5.58 Å². The van der Waals surface area contributed by atoms with Gasteiger partial charge in [0, 0.05) is 16.3 Å². The highest BCUT2D eigenvalue weighted by Gasteiger charge is 2.45. The summed E-state index contributed by atoms with van der Waals surface area (Å²) in [6.45, 7) is 14.9. The number of rotatable bonds is 1. The molecule has 4 rings (SSSR count). The van der Waals surface area contributed by atoms with Crippen LogP contribution in [-0.4, -0.2) is 5.54 Å². The van der Waals surface area contributed by atoms with Gasteiger partial charge in [-0.1, -0.05) is 44.2 Å². The van der Waals surface area contributed by atoms with E-state index < -0.39 is 0 Å². The Morgan fingerprint density at radius 1 is 1.00 bits per heavy atom. The summed E-state index contributed by atoms with van der Waals surface area (Å²) in [7, 11) is 0. The molecule has 0 atom stereocenters. The van der Waals surface area contributed by atoms with Crippen LogP contribution in [0.2, 0.25) is 0 Å². The van der Waals surface area contributed by atoms with Gasteiger partial charge in [0.25, 0.3) is 0 Å². The Morgan fingerprint density at radius 3 is 2.43 bits per heavy atom. The maximum atomic E-state index is 6.26. The lowest BCUT2D eigenvalue weighted by atomic mass is 9.86. The third-order valence-corrected chi connectivity index (χ3v) is 4.84. The third-order valence-electron chi connectivity index (χ3n) is 4.84. The number of furan rings is 1. The van der Waals surface area contributed by atoms with Crippen LogP contribution in [-0.2, 0) is 0 Å². The fraction of sp³-hybridized carbons (Fsp3) is 0.381. The van der Waals surface area contributed by atoms with Gasteiger partial charge in [-0.3, -0.25) is 0 Å². The van der Waals surface area contributed by atoms with E-state index in [0.717, 1.165) is 23.3 Å². The molecule has 1 aromatic heterocycles. The van der Waals surface area contributed by atoms with E-state index in [1.807, 2.05) is 12.1 Å². The van der Waals surface area contributed by atoms with E-state index >= 15 is 0 Å². The van der Waals surface area contributed by atoms with Crippen molar-refractivity contribution >= 4 is 27.6 Å². The normalized spacial score (nSPS) is 19.8. The van der Waals surface area contributed by atoms with Crippen molar-refractivity contribution < 1.29 is 4.42 Å². The molecule has 3 aromatic rings. The van der Waals surface area contributed by atoms with Crippen molar-refractivity contribution in [1.82, 2.24) is 0 Å². The van der Waals surface area contributed by atoms with Crippen LogP contribution in [0.5, 0.6) is 0 Å². The predicted octanol–water partition coefficient (Wildman–Crippen LogP) is 5.95. The molecular weight excluding hydrogens is 282 g/mol. The molecule has 2 nitrogen and oxygen atoms in total. The number of nitrogens with zero attached hydrogens (tertiary/aromatic N) is 1. The molecular formula is C21H23NO. The summed E-state index contributed by atoms with van der Waals surface area (Å²) in [5.41, 5.74) is 4.42. The van der Waals surface area contributed by atoms with Crippen LogP contribution in [0.3, 0.4) is 0 Å². The Labute approximate surface area is 138 Å². The summed E-state index contributed by atoms with van der Waals surface area (Å²) < 4.78 is 6.26. The molecule has 2 heteroatoms. The van der Waals surface area contributed by atoms with E-state index in [2.05, 4.69) is 70.3 Å². The lowest BCUT2D eigenvalue weighted by Gasteiger charge is -2.33.